The van der Waals surface area contributed by atoms with Crippen LogP contribution in [-0.2, 0) is 38.2 Å². The minimum atomic E-state index is -1.24. The second-order valence-corrected chi connectivity index (χ2v) is 15.8. The number of likely N-dealkylation sites (tertiary alicyclic amines) is 1. The molecule has 1 heterocycles. The van der Waals surface area contributed by atoms with Gasteiger partial charge in [0, 0.05) is 13.0 Å². The Hall–Kier alpha value is -4.33. The topological polar surface area (TPSA) is 189 Å². The highest BCUT2D eigenvalue weighted by Crippen LogP contribution is 2.29. The number of benzene rings is 1. The van der Waals surface area contributed by atoms with E-state index in [4.69, 9.17) is 9.47 Å². The first-order valence-electron chi connectivity index (χ1n) is 18.0. The highest BCUT2D eigenvalue weighted by molar-refractivity contribution is 6.38. The molecular weight excluding hydrogens is 670 g/mol. The van der Waals surface area contributed by atoms with E-state index < -0.39 is 83.3 Å². The number of carbonyl (C=O) groups is 7. The summed E-state index contributed by atoms with van der Waals surface area (Å²) in [4.78, 5) is 93.6. The number of carbonyl (C=O) groups excluding carboxylic acids is 7. The van der Waals surface area contributed by atoms with E-state index >= 15 is 0 Å². The lowest BCUT2D eigenvalue weighted by atomic mass is 9.85. The van der Waals surface area contributed by atoms with Crippen molar-refractivity contribution in [2.45, 2.75) is 131 Å². The van der Waals surface area contributed by atoms with Gasteiger partial charge in [-0.1, -0.05) is 84.7 Å². The van der Waals surface area contributed by atoms with Crippen molar-refractivity contribution in [2.75, 3.05) is 19.7 Å². The fraction of sp³-hybridized carbons (Fsp3) is 0.658. The Morgan fingerprint density at radius 3 is 2.10 bits per heavy atom. The number of alkyl carbamates (subject to hydrolysis) is 1. The van der Waals surface area contributed by atoms with Crippen LogP contribution in [0.3, 0.4) is 0 Å². The number of hydrogen-bond donors (Lipinski definition) is 4. The molecule has 14 nitrogen and oxygen atoms in total. The Morgan fingerprint density at radius 2 is 1.56 bits per heavy atom. The second-order valence-electron chi connectivity index (χ2n) is 15.8. The SMILES string of the molecule is CCCCC(NC(=O)[C@@H]1C[C@@H](OC(C)(C)C)CN1C(=O)[C@@H](NC(=O)OCC(C)C)C(C)(C)C)C(=O)C(=O)NCC(=O)NC(C(C)=O)c1ccccc1. The van der Waals surface area contributed by atoms with Gasteiger partial charge in [-0.25, -0.2) is 4.79 Å². The Balaban J connectivity index is 2.25. The number of ketones is 2. The van der Waals surface area contributed by atoms with Gasteiger partial charge in [0.15, 0.2) is 5.78 Å². The van der Waals surface area contributed by atoms with Crippen LogP contribution in [0.4, 0.5) is 4.79 Å². The summed E-state index contributed by atoms with van der Waals surface area (Å²) in [6, 6.07) is 4.29. The summed E-state index contributed by atoms with van der Waals surface area (Å²) in [6.45, 7) is 17.6. The highest BCUT2D eigenvalue weighted by Gasteiger charge is 2.47. The van der Waals surface area contributed by atoms with E-state index in [-0.39, 0.29) is 37.7 Å². The molecule has 1 saturated heterocycles. The number of Topliss-reactive ketones (excluding diaryl/α,β-unsaturated/α-hetero) is 2. The maximum atomic E-state index is 14.2. The lowest BCUT2D eigenvalue weighted by Crippen LogP contribution is -2.59. The molecule has 2 rings (SSSR count). The molecule has 4 N–H and O–H groups in total. The molecule has 52 heavy (non-hydrogen) atoms. The van der Waals surface area contributed by atoms with E-state index in [1.54, 1.807) is 51.1 Å². The summed E-state index contributed by atoms with van der Waals surface area (Å²) in [6.07, 6.45) is 0.123. The summed E-state index contributed by atoms with van der Waals surface area (Å²) in [5.74, 6) is -4.13. The van der Waals surface area contributed by atoms with Crippen LogP contribution in [0.5, 0.6) is 0 Å². The zero-order valence-corrected chi connectivity index (χ0v) is 32.4. The first-order valence-corrected chi connectivity index (χ1v) is 18.0. The van der Waals surface area contributed by atoms with Gasteiger partial charge in [-0.05, 0) is 51.0 Å². The molecule has 1 aromatic carbocycles. The first kappa shape index (κ1) is 43.8. The number of unbranched alkanes of at least 4 members (excludes halogenated alkanes) is 1. The van der Waals surface area contributed by atoms with Gasteiger partial charge in [0.2, 0.25) is 23.5 Å². The molecule has 0 saturated carbocycles. The maximum absolute atomic E-state index is 14.2. The molecule has 0 bridgehead atoms. The number of amides is 5. The summed E-state index contributed by atoms with van der Waals surface area (Å²) < 4.78 is 11.5. The summed E-state index contributed by atoms with van der Waals surface area (Å²) in [5.41, 5.74) is -0.797. The van der Waals surface area contributed by atoms with Gasteiger partial charge < -0.3 is 35.6 Å². The second kappa shape index (κ2) is 19.5. The van der Waals surface area contributed by atoms with E-state index in [0.717, 1.165) is 0 Å². The van der Waals surface area contributed by atoms with Crippen LogP contribution in [-0.4, -0.2) is 95.7 Å². The average molecular weight is 730 g/mol. The fourth-order valence-corrected chi connectivity index (χ4v) is 5.72. The molecule has 1 aliphatic rings. The average Bonchev–Trinajstić information content (AvgIpc) is 3.47. The summed E-state index contributed by atoms with van der Waals surface area (Å²) in [5, 5.41) is 10.3. The molecule has 14 heteroatoms. The predicted molar refractivity (Wildman–Crippen MR) is 195 cm³/mol. The minimum absolute atomic E-state index is 0.0525. The quantitative estimate of drug-likeness (QED) is 0.174. The Morgan fingerprint density at radius 1 is 0.923 bits per heavy atom. The van der Waals surface area contributed by atoms with Crippen molar-refractivity contribution in [3.63, 3.8) is 0 Å². The van der Waals surface area contributed by atoms with Crippen LogP contribution in [0.15, 0.2) is 30.3 Å². The normalized spacial score (nSPS) is 17.8. The van der Waals surface area contributed by atoms with Crippen molar-refractivity contribution < 1.29 is 43.0 Å². The molecule has 1 aliphatic heterocycles. The molecule has 2 unspecified atom stereocenters. The van der Waals surface area contributed by atoms with Crippen LogP contribution in [0.2, 0.25) is 0 Å². The highest BCUT2D eigenvalue weighted by atomic mass is 16.5. The maximum Gasteiger partial charge on any atom is 0.407 e. The van der Waals surface area contributed by atoms with E-state index in [2.05, 4.69) is 21.3 Å². The van der Waals surface area contributed by atoms with Crippen molar-refractivity contribution in [3.8, 4) is 0 Å². The molecule has 5 atom stereocenters. The van der Waals surface area contributed by atoms with Gasteiger partial charge in [-0.15, -0.1) is 0 Å². The van der Waals surface area contributed by atoms with Gasteiger partial charge >= 0.3 is 6.09 Å². The number of ether oxygens (including phenoxy) is 2. The van der Waals surface area contributed by atoms with Crippen LogP contribution in [0, 0.1) is 11.3 Å². The lowest BCUT2D eigenvalue weighted by Gasteiger charge is -2.35. The molecule has 1 fully saturated rings. The molecular formula is C38H59N5O9. The van der Waals surface area contributed by atoms with Crippen molar-refractivity contribution in [3.05, 3.63) is 35.9 Å². The zero-order valence-electron chi connectivity index (χ0n) is 32.4. The number of rotatable bonds is 17. The molecule has 0 radical (unpaired) electrons. The lowest BCUT2D eigenvalue weighted by molar-refractivity contribution is -0.144. The number of nitrogens with zero attached hydrogens (tertiary/aromatic N) is 1. The molecule has 290 valence electrons. The van der Waals surface area contributed by atoms with Gasteiger partial charge in [-0.3, -0.25) is 28.8 Å². The van der Waals surface area contributed by atoms with Crippen LogP contribution < -0.4 is 21.3 Å². The third-order valence-electron chi connectivity index (χ3n) is 8.25. The Labute approximate surface area is 307 Å². The van der Waals surface area contributed by atoms with Gasteiger partial charge in [0.1, 0.15) is 18.1 Å². The van der Waals surface area contributed by atoms with Gasteiger partial charge in [-0.2, -0.15) is 0 Å². The molecule has 5 amide bonds. The summed E-state index contributed by atoms with van der Waals surface area (Å²) >= 11 is 0. The van der Waals surface area contributed by atoms with Crippen LogP contribution in [0.1, 0.15) is 107 Å². The third-order valence-corrected chi connectivity index (χ3v) is 8.25. The molecule has 0 aliphatic carbocycles. The van der Waals surface area contributed by atoms with Crippen molar-refractivity contribution in [2.24, 2.45) is 11.3 Å². The standard InChI is InChI=1S/C38H59N5O9/c1-11-12-18-27(31(46)34(48)39-20-29(45)41-30(24(4)44)25-16-14-13-15-17-25)40-33(47)28-19-26(52-38(8,9)10)21-43(28)35(49)32(37(5,6)7)42-36(50)51-22-23(2)3/h13-17,23,26-28,30,32H,11-12,18-22H2,1-10H3,(H,39,48)(H,40,47)(H,41,45)(H,42,50)/t26-,27?,28+,30?,32-/m1/s1. The van der Waals surface area contributed by atoms with Crippen molar-refractivity contribution in [1.29, 1.82) is 0 Å². The van der Waals surface area contributed by atoms with Crippen molar-refractivity contribution in [1.82, 2.24) is 26.2 Å². The molecule has 0 aromatic heterocycles. The molecule has 1 aromatic rings. The van der Waals surface area contributed by atoms with E-state index in [1.807, 2.05) is 41.5 Å². The smallest absolute Gasteiger partial charge is 0.407 e. The number of nitrogens with one attached hydrogen (secondary N) is 4. The van der Waals surface area contributed by atoms with Gasteiger partial charge in [0.05, 0.1) is 30.9 Å². The first-order chi connectivity index (χ1) is 24.1. The van der Waals surface area contributed by atoms with Crippen LogP contribution >= 0.6 is 0 Å². The van der Waals surface area contributed by atoms with Crippen molar-refractivity contribution >= 4 is 41.3 Å². The van der Waals surface area contributed by atoms with E-state index in [0.29, 0.717) is 18.4 Å². The van der Waals surface area contributed by atoms with E-state index in [1.165, 1.54) is 11.8 Å². The van der Waals surface area contributed by atoms with E-state index in [9.17, 15) is 33.6 Å². The third kappa shape index (κ3) is 14.0. The predicted octanol–water partition coefficient (Wildman–Crippen LogP) is 3.37. The number of hydrogen-bond acceptors (Lipinski definition) is 9. The Kier molecular flexibility index (Phi) is 16.4. The van der Waals surface area contributed by atoms with Gasteiger partial charge in [0.25, 0.3) is 5.91 Å². The monoisotopic (exact) mass is 729 g/mol. The minimum Gasteiger partial charge on any atom is -0.449 e. The molecule has 0 spiro atoms. The van der Waals surface area contributed by atoms with Crippen LogP contribution in [0.25, 0.3) is 0 Å². The zero-order chi connectivity index (χ0) is 39.4. The largest absolute Gasteiger partial charge is 0.449 e. The fourth-order valence-electron chi connectivity index (χ4n) is 5.72. The summed E-state index contributed by atoms with van der Waals surface area (Å²) in [7, 11) is 0. The Bertz CT molecular complexity index is 1420.